The summed E-state index contributed by atoms with van der Waals surface area (Å²) in [6.07, 6.45) is 4.35. The number of hydrogen-bond donors (Lipinski definition) is 2. The summed E-state index contributed by atoms with van der Waals surface area (Å²) in [5.41, 5.74) is 5.87. The molecule has 5 heteroatoms. The van der Waals surface area contributed by atoms with Crippen LogP contribution in [0.3, 0.4) is 0 Å². The largest absolute Gasteiger partial charge is 0.449 e. The summed E-state index contributed by atoms with van der Waals surface area (Å²) < 4.78 is 5.55. The van der Waals surface area contributed by atoms with E-state index in [-0.39, 0.29) is 25.2 Å². The molecule has 148 valence electrons. The molecule has 5 nitrogen and oxygen atoms in total. The highest BCUT2D eigenvalue weighted by Gasteiger charge is 2.29. The van der Waals surface area contributed by atoms with E-state index in [9.17, 15) is 9.90 Å². The van der Waals surface area contributed by atoms with E-state index in [2.05, 4.69) is 34.6 Å². The first-order valence-electron chi connectivity index (χ1n) is 9.87. The Morgan fingerprint density at radius 1 is 1.00 bits per heavy atom. The molecular weight excluding hydrogens is 364 g/mol. The van der Waals surface area contributed by atoms with Gasteiger partial charge in [0.05, 0.1) is 12.6 Å². The Morgan fingerprint density at radius 2 is 1.62 bits per heavy atom. The highest BCUT2D eigenvalue weighted by atomic mass is 16.5. The van der Waals surface area contributed by atoms with Crippen LogP contribution in [0.2, 0.25) is 0 Å². The van der Waals surface area contributed by atoms with Gasteiger partial charge in [-0.2, -0.15) is 0 Å². The lowest BCUT2D eigenvalue weighted by Crippen LogP contribution is -2.38. The molecule has 1 unspecified atom stereocenters. The highest BCUT2D eigenvalue weighted by molar-refractivity contribution is 5.79. The van der Waals surface area contributed by atoms with Gasteiger partial charge in [0.25, 0.3) is 0 Å². The van der Waals surface area contributed by atoms with Crippen LogP contribution in [0, 0.1) is 0 Å². The quantitative estimate of drug-likeness (QED) is 0.644. The van der Waals surface area contributed by atoms with Crippen LogP contribution >= 0.6 is 0 Å². The first-order valence-corrected chi connectivity index (χ1v) is 9.87. The molecule has 0 aliphatic heterocycles. The molecule has 0 saturated heterocycles. The molecule has 2 aromatic carbocycles. The summed E-state index contributed by atoms with van der Waals surface area (Å²) >= 11 is 0. The highest BCUT2D eigenvalue weighted by Crippen LogP contribution is 2.44. The average molecular weight is 388 g/mol. The molecule has 0 bridgehead atoms. The zero-order valence-corrected chi connectivity index (χ0v) is 16.1. The van der Waals surface area contributed by atoms with Gasteiger partial charge in [-0.1, -0.05) is 48.5 Å². The third-order valence-corrected chi connectivity index (χ3v) is 5.42. The van der Waals surface area contributed by atoms with E-state index >= 15 is 0 Å². The maximum Gasteiger partial charge on any atom is 0.407 e. The van der Waals surface area contributed by atoms with E-state index in [0.29, 0.717) is 6.42 Å². The third kappa shape index (κ3) is 4.30. The molecule has 29 heavy (non-hydrogen) atoms. The number of hydrogen-bond acceptors (Lipinski definition) is 4. The fraction of sp³-hybridized carbons (Fsp3) is 0.250. The van der Waals surface area contributed by atoms with Gasteiger partial charge < -0.3 is 15.2 Å². The summed E-state index contributed by atoms with van der Waals surface area (Å²) in [5, 5.41) is 12.4. The summed E-state index contributed by atoms with van der Waals surface area (Å²) in [4.78, 5) is 16.3. The third-order valence-electron chi connectivity index (χ3n) is 5.42. The summed E-state index contributed by atoms with van der Waals surface area (Å²) in [6.45, 7) is 0.137. The van der Waals surface area contributed by atoms with Gasteiger partial charge in [-0.3, -0.25) is 4.98 Å². The molecule has 0 spiro atoms. The zero-order valence-electron chi connectivity index (χ0n) is 16.1. The molecule has 2 N–H and O–H groups in total. The van der Waals surface area contributed by atoms with E-state index in [1.807, 2.05) is 36.4 Å². The van der Waals surface area contributed by atoms with Gasteiger partial charge in [0.1, 0.15) is 6.61 Å². The number of alkyl carbamates (subject to hydrolysis) is 1. The number of rotatable bonds is 7. The van der Waals surface area contributed by atoms with Crippen molar-refractivity contribution in [2.24, 2.45) is 0 Å². The van der Waals surface area contributed by atoms with Crippen molar-refractivity contribution < 1.29 is 14.6 Å². The first-order chi connectivity index (χ1) is 14.3. The van der Waals surface area contributed by atoms with Crippen LogP contribution in [0.15, 0.2) is 73.1 Å². The Morgan fingerprint density at radius 3 is 2.24 bits per heavy atom. The second kappa shape index (κ2) is 8.88. The van der Waals surface area contributed by atoms with Crippen molar-refractivity contribution in [1.29, 1.82) is 0 Å². The maximum absolute atomic E-state index is 12.3. The molecular formula is C24H24N2O3. The molecule has 0 radical (unpaired) electrons. The van der Waals surface area contributed by atoms with Gasteiger partial charge in [-0.25, -0.2) is 4.79 Å². The second-order valence-electron chi connectivity index (χ2n) is 7.24. The van der Waals surface area contributed by atoms with Crippen LogP contribution in [0.25, 0.3) is 11.1 Å². The van der Waals surface area contributed by atoms with Gasteiger partial charge in [0.2, 0.25) is 0 Å². The number of nitrogens with one attached hydrogen (secondary N) is 1. The minimum atomic E-state index is -0.499. The SMILES string of the molecule is O=C(NC(CO)CCc1ccncc1)OCC1c2ccccc2-c2ccccc21. The Bertz CT molecular complexity index is 929. The fourth-order valence-electron chi connectivity index (χ4n) is 3.91. The Hall–Kier alpha value is -3.18. The number of pyridine rings is 1. The molecule has 1 amide bonds. The van der Waals surface area contributed by atoms with Crippen molar-refractivity contribution in [3.8, 4) is 11.1 Å². The van der Waals surface area contributed by atoms with Crippen LogP contribution in [0.5, 0.6) is 0 Å². The van der Waals surface area contributed by atoms with Crippen molar-refractivity contribution in [1.82, 2.24) is 10.3 Å². The molecule has 3 aromatic rings. The monoisotopic (exact) mass is 388 g/mol. The lowest BCUT2D eigenvalue weighted by atomic mass is 9.98. The fourth-order valence-corrected chi connectivity index (χ4v) is 3.91. The van der Waals surface area contributed by atoms with Gasteiger partial charge >= 0.3 is 6.09 Å². The number of fused-ring (bicyclic) bond motifs is 3. The van der Waals surface area contributed by atoms with Crippen molar-refractivity contribution in [3.63, 3.8) is 0 Å². The van der Waals surface area contributed by atoms with Crippen LogP contribution < -0.4 is 5.32 Å². The van der Waals surface area contributed by atoms with Crippen LogP contribution in [0.1, 0.15) is 29.0 Å². The minimum Gasteiger partial charge on any atom is -0.449 e. The number of nitrogens with zero attached hydrogens (tertiary/aromatic N) is 1. The number of amides is 1. The van der Waals surface area contributed by atoms with Crippen LogP contribution in [-0.2, 0) is 11.2 Å². The van der Waals surface area contributed by atoms with Crippen molar-refractivity contribution >= 4 is 6.09 Å². The van der Waals surface area contributed by atoms with Gasteiger partial charge in [0.15, 0.2) is 0 Å². The average Bonchev–Trinajstić information content (AvgIpc) is 3.09. The molecule has 0 saturated carbocycles. The van der Waals surface area contributed by atoms with Crippen molar-refractivity contribution in [2.75, 3.05) is 13.2 Å². The minimum absolute atomic E-state index is 0.0255. The number of aryl methyl sites for hydroxylation is 1. The lowest BCUT2D eigenvalue weighted by molar-refractivity contribution is 0.131. The molecule has 1 aromatic heterocycles. The smallest absolute Gasteiger partial charge is 0.407 e. The van der Waals surface area contributed by atoms with Crippen LogP contribution in [-0.4, -0.2) is 35.4 Å². The summed E-state index contributed by atoms with van der Waals surface area (Å²) in [7, 11) is 0. The number of aromatic nitrogens is 1. The second-order valence-corrected chi connectivity index (χ2v) is 7.24. The van der Waals surface area contributed by atoms with Crippen molar-refractivity contribution in [3.05, 3.63) is 89.7 Å². The van der Waals surface area contributed by atoms with E-state index in [1.54, 1.807) is 12.4 Å². The molecule has 0 fully saturated rings. The van der Waals surface area contributed by atoms with E-state index < -0.39 is 6.09 Å². The number of aliphatic hydroxyl groups excluding tert-OH is 1. The molecule has 1 aliphatic rings. The molecule has 1 atom stereocenters. The standard InChI is InChI=1S/C24H24N2O3/c27-15-18(10-9-17-11-13-25-14-12-17)26-24(28)29-16-23-21-7-3-1-5-19(21)20-6-2-4-8-22(20)23/h1-8,11-14,18,23,27H,9-10,15-16H2,(H,26,28). The van der Waals surface area contributed by atoms with Gasteiger partial charge in [-0.15, -0.1) is 0 Å². The van der Waals surface area contributed by atoms with Crippen molar-refractivity contribution in [2.45, 2.75) is 24.8 Å². The van der Waals surface area contributed by atoms with E-state index in [4.69, 9.17) is 4.74 Å². The molecule has 1 aliphatic carbocycles. The first kappa shape index (κ1) is 19.2. The zero-order chi connectivity index (χ0) is 20.1. The number of carbonyl (C=O) groups excluding carboxylic acids is 1. The predicted octanol–water partition coefficient (Wildman–Crippen LogP) is 3.91. The van der Waals surface area contributed by atoms with Crippen LogP contribution in [0.4, 0.5) is 4.79 Å². The normalized spacial score (nSPS) is 13.4. The number of aliphatic hydroxyl groups is 1. The Kier molecular flexibility index (Phi) is 5.86. The molecule has 4 rings (SSSR count). The number of carbonyl (C=O) groups is 1. The van der Waals surface area contributed by atoms with E-state index in [1.165, 1.54) is 22.3 Å². The Labute approximate surface area is 170 Å². The topological polar surface area (TPSA) is 71.5 Å². The summed E-state index contributed by atoms with van der Waals surface area (Å²) in [5.74, 6) is 0.0255. The Balaban J connectivity index is 1.35. The lowest BCUT2D eigenvalue weighted by Gasteiger charge is -2.18. The van der Waals surface area contributed by atoms with E-state index in [0.717, 1.165) is 12.0 Å². The maximum atomic E-state index is 12.3. The number of ether oxygens (including phenoxy) is 1. The predicted molar refractivity (Wildman–Crippen MR) is 112 cm³/mol. The van der Waals surface area contributed by atoms with Gasteiger partial charge in [-0.05, 0) is 52.8 Å². The number of benzene rings is 2. The summed E-state index contributed by atoms with van der Waals surface area (Å²) in [6, 6.07) is 20.0. The molecule has 1 heterocycles. The van der Waals surface area contributed by atoms with Gasteiger partial charge in [0, 0.05) is 18.3 Å².